The molecule has 1 aliphatic heterocycles. The van der Waals surface area contributed by atoms with Crippen molar-refractivity contribution in [3.8, 4) is 0 Å². The number of nitrogens with zero attached hydrogens (tertiary/aromatic N) is 3. The van der Waals surface area contributed by atoms with Crippen molar-refractivity contribution in [1.29, 1.82) is 0 Å². The number of halogens is 1. The van der Waals surface area contributed by atoms with Crippen molar-refractivity contribution in [2.45, 2.75) is 6.42 Å². The van der Waals surface area contributed by atoms with E-state index in [4.69, 9.17) is 16.7 Å². The number of hydrogen-bond donors (Lipinski definition) is 1. The first-order valence-electron chi connectivity index (χ1n) is 6.41. The van der Waals surface area contributed by atoms with Crippen LogP contribution in [-0.4, -0.2) is 64.5 Å². The fraction of sp³-hybridized carbons (Fsp3) is 0.462. The topological polar surface area (TPSA) is 73.7 Å². The van der Waals surface area contributed by atoms with Gasteiger partial charge in [0.25, 0.3) is 5.91 Å². The number of carboxylic acid groups (broad SMARTS) is 1. The summed E-state index contributed by atoms with van der Waals surface area (Å²) < 4.78 is 0. The number of carbonyl (C=O) groups is 2. The van der Waals surface area contributed by atoms with Crippen LogP contribution in [0.4, 0.5) is 0 Å². The third-order valence-corrected chi connectivity index (χ3v) is 3.41. The fourth-order valence-electron chi connectivity index (χ4n) is 2.21. The van der Waals surface area contributed by atoms with Crippen LogP contribution >= 0.6 is 11.6 Å². The van der Waals surface area contributed by atoms with Crippen LogP contribution in [0.25, 0.3) is 0 Å². The quantitative estimate of drug-likeness (QED) is 0.900. The summed E-state index contributed by atoms with van der Waals surface area (Å²) in [6.07, 6.45) is 2.25. The van der Waals surface area contributed by atoms with E-state index < -0.39 is 5.97 Å². The lowest BCUT2D eigenvalue weighted by atomic mass is 10.3. The second-order valence-electron chi connectivity index (χ2n) is 4.67. The lowest BCUT2D eigenvalue weighted by Crippen LogP contribution is -2.37. The molecule has 6 nitrogen and oxygen atoms in total. The third-order valence-electron chi connectivity index (χ3n) is 3.18. The molecule has 0 atom stereocenters. The summed E-state index contributed by atoms with van der Waals surface area (Å²) in [5.74, 6) is -1.01. The second kappa shape index (κ2) is 6.67. The van der Waals surface area contributed by atoms with Gasteiger partial charge in [0.2, 0.25) is 0 Å². The molecular weight excluding hydrogens is 282 g/mol. The molecule has 108 valence electrons. The number of carbonyl (C=O) groups excluding carboxylic acids is 1. The Labute approximate surface area is 122 Å². The highest BCUT2D eigenvalue weighted by Crippen LogP contribution is 2.12. The maximum atomic E-state index is 12.3. The van der Waals surface area contributed by atoms with Gasteiger partial charge in [0.15, 0.2) is 0 Å². The number of rotatable bonds is 3. The molecule has 0 aromatic carbocycles. The molecule has 1 fully saturated rings. The fourth-order valence-corrected chi connectivity index (χ4v) is 2.37. The normalized spacial score (nSPS) is 16.8. The minimum absolute atomic E-state index is 0.0114. The summed E-state index contributed by atoms with van der Waals surface area (Å²) >= 11 is 5.86. The Kier molecular flexibility index (Phi) is 4.92. The minimum atomic E-state index is -0.846. The zero-order valence-corrected chi connectivity index (χ0v) is 11.7. The summed E-state index contributed by atoms with van der Waals surface area (Å²) in [6.45, 7) is 2.35. The van der Waals surface area contributed by atoms with Crippen molar-refractivity contribution < 1.29 is 14.7 Å². The number of hydrogen-bond acceptors (Lipinski definition) is 4. The predicted octanol–water partition coefficient (Wildman–Crippen LogP) is 0.967. The van der Waals surface area contributed by atoms with E-state index >= 15 is 0 Å². The molecule has 20 heavy (non-hydrogen) atoms. The summed E-state index contributed by atoms with van der Waals surface area (Å²) in [5.41, 5.74) is 0.323. The Morgan fingerprint density at radius 1 is 1.30 bits per heavy atom. The first-order chi connectivity index (χ1) is 9.56. The van der Waals surface area contributed by atoms with Gasteiger partial charge < -0.3 is 10.0 Å². The van der Waals surface area contributed by atoms with Gasteiger partial charge in [-0.05, 0) is 18.6 Å². The van der Waals surface area contributed by atoms with Crippen molar-refractivity contribution in [3.63, 3.8) is 0 Å². The first kappa shape index (κ1) is 14.7. The summed E-state index contributed by atoms with van der Waals surface area (Å²) in [5, 5.41) is 9.27. The van der Waals surface area contributed by atoms with E-state index in [1.165, 1.54) is 6.20 Å². The van der Waals surface area contributed by atoms with E-state index in [1.54, 1.807) is 17.0 Å². The van der Waals surface area contributed by atoms with Gasteiger partial charge in [0.05, 0.1) is 6.54 Å². The average Bonchev–Trinajstić information content (AvgIpc) is 2.63. The average molecular weight is 298 g/mol. The van der Waals surface area contributed by atoms with Gasteiger partial charge in [-0.15, -0.1) is 0 Å². The van der Waals surface area contributed by atoms with Crippen LogP contribution < -0.4 is 0 Å². The van der Waals surface area contributed by atoms with E-state index in [1.807, 2.05) is 4.90 Å². The highest BCUT2D eigenvalue weighted by molar-refractivity contribution is 6.30. The molecule has 0 bridgehead atoms. The Morgan fingerprint density at radius 2 is 2.10 bits per heavy atom. The Hall–Kier alpha value is -1.66. The van der Waals surface area contributed by atoms with E-state index in [-0.39, 0.29) is 12.5 Å². The predicted molar refractivity (Wildman–Crippen MR) is 73.8 cm³/mol. The molecule has 0 radical (unpaired) electrons. The van der Waals surface area contributed by atoms with Gasteiger partial charge >= 0.3 is 5.97 Å². The molecular formula is C13H16ClN3O3. The maximum Gasteiger partial charge on any atom is 0.317 e. The smallest absolute Gasteiger partial charge is 0.317 e. The second-order valence-corrected chi connectivity index (χ2v) is 5.11. The summed E-state index contributed by atoms with van der Waals surface area (Å²) in [6, 6.07) is 3.17. The van der Waals surface area contributed by atoms with Crippen LogP contribution in [0.15, 0.2) is 18.3 Å². The van der Waals surface area contributed by atoms with Crippen molar-refractivity contribution in [1.82, 2.24) is 14.8 Å². The van der Waals surface area contributed by atoms with Crippen LogP contribution in [0.3, 0.4) is 0 Å². The number of aromatic nitrogens is 1. The summed E-state index contributed by atoms with van der Waals surface area (Å²) in [7, 11) is 0. The van der Waals surface area contributed by atoms with Gasteiger partial charge in [-0.25, -0.2) is 0 Å². The van der Waals surface area contributed by atoms with Gasteiger partial charge in [-0.1, -0.05) is 11.6 Å². The molecule has 0 aliphatic carbocycles. The van der Waals surface area contributed by atoms with Crippen molar-refractivity contribution in [3.05, 3.63) is 29.0 Å². The Morgan fingerprint density at radius 3 is 2.80 bits per heavy atom. The standard InChI is InChI=1S/C13H16ClN3O3/c14-10-2-3-15-11(8-10)13(20)17-5-1-4-16(6-7-17)9-12(18)19/h2-3,8H,1,4-7,9H2,(H,18,19). The largest absolute Gasteiger partial charge is 0.480 e. The van der Waals surface area contributed by atoms with Crippen LogP contribution in [0.1, 0.15) is 16.9 Å². The number of aliphatic carboxylic acids is 1. The molecule has 1 saturated heterocycles. The molecule has 0 unspecified atom stereocenters. The third kappa shape index (κ3) is 3.91. The first-order valence-corrected chi connectivity index (χ1v) is 6.79. The minimum Gasteiger partial charge on any atom is -0.480 e. The van der Waals surface area contributed by atoms with Crippen molar-refractivity contribution in [2.75, 3.05) is 32.7 Å². The Balaban J connectivity index is 1.99. The zero-order chi connectivity index (χ0) is 14.5. The van der Waals surface area contributed by atoms with Gasteiger partial charge in [0, 0.05) is 37.4 Å². The SMILES string of the molecule is O=C(O)CN1CCCN(C(=O)c2cc(Cl)ccn2)CC1. The van der Waals surface area contributed by atoms with E-state index in [0.717, 1.165) is 6.42 Å². The molecule has 1 N–H and O–H groups in total. The molecule has 1 aromatic heterocycles. The van der Waals surface area contributed by atoms with Crippen molar-refractivity contribution in [2.24, 2.45) is 0 Å². The summed E-state index contributed by atoms with van der Waals surface area (Å²) in [4.78, 5) is 30.6. The number of amides is 1. The lowest BCUT2D eigenvalue weighted by Gasteiger charge is -2.20. The highest BCUT2D eigenvalue weighted by Gasteiger charge is 2.22. The van der Waals surface area contributed by atoms with Gasteiger partial charge in [0.1, 0.15) is 5.69 Å². The lowest BCUT2D eigenvalue weighted by molar-refractivity contribution is -0.138. The van der Waals surface area contributed by atoms with Crippen LogP contribution in [0, 0.1) is 0 Å². The molecule has 0 spiro atoms. The molecule has 7 heteroatoms. The number of carboxylic acids is 1. The number of pyridine rings is 1. The molecule has 2 heterocycles. The molecule has 2 rings (SSSR count). The zero-order valence-electron chi connectivity index (χ0n) is 11.0. The monoisotopic (exact) mass is 297 g/mol. The molecule has 1 amide bonds. The van der Waals surface area contributed by atoms with E-state index in [0.29, 0.717) is 36.9 Å². The maximum absolute atomic E-state index is 12.3. The van der Waals surface area contributed by atoms with Crippen LogP contribution in [0.2, 0.25) is 5.02 Å². The Bertz CT molecular complexity index is 509. The molecule has 1 aromatic rings. The van der Waals surface area contributed by atoms with Gasteiger partial charge in [-0.3, -0.25) is 19.5 Å². The van der Waals surface area contributed by atoms with Crippen molar-refractivity contribution >= 4 is 23.5 Å². The molecule has 0 saturated carbocycles. The van der Waals surface area contributed by atoms with Gasteiger partial charge in [-0.2, -0.15) is 0 Å². The van der Waals surface area contributed by atoms with Crippen LogP contribution in [0.5, 0.6) is 0 Å². The highest BCUT2D eigenvalue weighted by atomic mass is 35.5. The van der Waals surface area contributed by atoms with E-state index in [9.17, 15) is 9.59 Å². The van der Waals surface area contributed by atoms with E-state index in [2.05, 4.69) is 4.98 Å². The molecule has 1 aliphatic rings. The van der Waals surface area contributed by atoms with Crippen LogP contribution in [-0.2, 0) is 4.79 Å².